The largest absolute Gasteiger partial charge is 0.468 e. The number of rotatable bonds is 6. The van der Waals surface area contributed by atoms with Crippen molar-refractivity contribution in [3.8, 4) is 5.88 Å². The molecular formula is C18H18F3N3O3. The van der Waals surface area contributed by atoms with Crippen molar-refractivity contribution in [2.24, 2.45) is 0 Å². The third-order valence-electron chi connectivity index (χ3n) is 3.58. The molecule has 0 spiro atoms. The van der Waals surface area contributed by atoms with Gasteiger partial charge in [-0.15, -0.1) is 0 Å². The lowest BCUT2D eigenvalue weighted by Gasteiger charge is -2.10. The number of nitrogens with zero attached hydrogens (tertiary/aromatic N) is 1. The lowest BCUT2D eigenvalue weighted by Crippen LogP contribution is -2.32. The first-order valence-corrected chi connectivity index (χ1v) is 7.95. The van der Waals surface area contributed by atoms with Gasteiger partial charge in [0.05, 0.1) is 18.4 Å². The molecule has 9 heteroatoms. The molecule has 6 nitrogen and oxygen atoms in total. The molecule has 0 unspecified atom stereocenters. The fourth-order valence-electron chi connectivity index (χ4n) is 2.05. The van der Waals surface area contributed by atoms with Gasteiger partial charge in [0.1, 0.15) is 0 Å². The minimum absolute atomic E-state index is 0.214. The van der Waals surface area contributed by atoms with Crippen LogP contribution in [0.1, 0.15) is 21.5 Å². The summed E-state index contributed by atoms with van der Waals surface area (Å²) in [5.74, 6) is -1.10. The zero-order valence-corrected chi connectivity index (χ0v) is 14.7. The Balaban J connectivity index is 1.83. The highest BCUT2D eigenvalue weighted by molar-refractivity contribution is 5.99. The smallest absolute Gasteiger partial charge is 0.422 e. The number of carbonyl (C=O) groups excluding carboxylic acids is 2. The standard InChI is InChI=1S/C18H18F3N3O3/c1-11-3-4-13(7-12(11)2)17(26)23-9-15(25)24-14-5-6-16(22-8-14)27-10-18(19,20)21/h3-8H,9-10H2,1-2H3,(H,23,26)(H,24,25). The monoisotopic (exact) mass is 381 g/mol. The Morgan fingerprint density at radius 1 is 1.11 bits per heavy atom. The van der Waals surface area contributed by atoms with Crippen LogP contribution in [0.2, 0.25) is 0 Å². The maximum atomic E-state index is 12.1. The molecule has 1 heterocycles. The van der Waals surface area contributed by atoms with E-state index in [2.05, 4.69) is 20.4 Å². The van der Waals surface area contributed by atoms with Crippen molar-refractivity contribution in [2.75, 3.05) is 18.5 Å². The number of aryl methyl sites for hydroxylation is 2. The highest BCUT2D eigenvalue weighted by atomic mass is 19.4. The van der Waals surface area contributed by atoms with Crippen molar-refractivity contribution >= 4 is 17.5 Å². The fourth-order valence-corrected chi connectivity index (χ4v) is 2.05. The maximum absolute atomic E-state index is 12.1. The van der Waals surface area contributed by atoms with Crippen molar-refractivity contribution in [3.63, 3.8) is 0 Å². The Hall–Kier alpha value is -3.10. The van der Waals surface area contributed by atoms with Gasteiger partial charge in [0.15, 0.2) is 6.61 Å². The number of hydrogen-bond acceptors (Lipinski definition) is 4. The van der Waals surface area contributed by atoms with Crippen LogP contribution in [0.4, 0.5) is 18.9 Å². The second-order valence-corrected chi connectivity index (χ2v) is 5.82. The van der Waals surface area contributed by atoms with Crippen molar-refractivity contribution in [1.29, 1.82) is 0 Å². The third-order valence-corrected chi connectivity index (χ3v) is 3.58. The zero-order chi connectivity index (χ0) is 20.0. The molecule has 0 aliphatic rings. The van der Waals surface area contributed by atoms with Crippen LogP contribution in [-0.4, -0.2) is 36.1 Å². The number of halogens is 3. The van der Waals surface area contributed by atoms with Crippen LogP contribution in [0.5, 0.6) is 5.88 Å². The average molecular weight is 381 g/mol. The van der Waals surface area contributed by atoms with E-state index in [9.17, 15) is 22.8 Å². The molecule has 0 fully saturated rings. The number of carbonyl (C=O) groups is 2. The van der Waals surface area contributed by atoms with Crippen LogP contribution in [0.25, 0.3) is 0 Å². The van der Waals surface area contributed by atoms with Crippen molar-refractivity contribution in [2.45, 2.75) is 20.0 Å². The van der Waals surface area contributed by atoms with Crippen LogP contribution in [0.15, 0.2) is 36.5 Å². The summed E-state index contributed by atoms with van der Waals surface area (Å²) < 4.78 is 40.7. The number of ether oxygens (including phenoxy) is 1. The van der Waals surface area contributed by atoms with E-state index in [1.807, 2.05) is 19.9 Å². The van der Waals surface area contributed by atoms with E-state index in [1.54, 1.807) is 12.1 Å². The first kappa shape index (κ1) is 20.2. The summed E-state index contributed by atoms with van der Waals surface area (Å²) in [7, 11) is 0. The van der Waals surface area contributed by atoms with Crippen LogP contribution < -0.4 is 15.4 Å². The zero-order valence-electron chi connectivity index (χ0n) is 14.7. The molecule has 2 amide bonds. The number of amides is 2. The van der Waals surface area contributed by atoms with E-state index in [1.165, 1.54) is 12.1 Å². The Bertz CT molecular complexity index is 821. The number of alkyl halides is 3. The van der Waals surface area contributed by atoms with E-state index in [0.717, 1.165) is 17.3 Å². The lowest BCUT2D eigenvalue weighted by molar-refractivity contribution is -0.154. The molecule has 0 saturated heterocycles. The van der Waals surface area contributed by atoms with Gasteiger partial charge in [0, 0.05) is 11.6 Å². The SMILES string of the molecule is Cc1ccc(C(=O)NCC(=O)Nc2ccc(OCC(F)(F)F)nc2)cc1C. The van der Waals surface area contributed by atoms with Gasteiger partial charge in [0.25, 0.3) is 5.91 Å². The highest BCUT2D eigenvalue weighted by Gasteiger charge is 2.28. The molecule has 27 heavy (non-hydrogen) atoms. The van der Waals surface area contributed by atoms with Gasteiger partial charge >= 0.3 is 6.18 Å². The summed E-state index contributed by atoms with van der Waals surface area (Å²) in [6.07, 6.45) is -3.29. The molecule has 1 aromatic carbocycles. The molecule has 0 radical (unpaired) electrons. The molecule has 144 valence electrons. The summed E-state index contributed by atoms with van der Waals surface area (Å²) in [4.78, 5) is 27.6. The van der Waals surface area contributed by atoms with Gasteiger partial charge in [0.2, 0.25) is 11.8 Å². The number of benzene rings is 1. The molecule has 0 aliphatic heterocycles. The Morgan fingerprint density at radius 3 is 2.44 bits per heavy atom. The summed E-state index contributed by atoms with van der Waals surface area (Å²) in [6, 6.07) is 7.76. The molecule has 1 aromatic heterocycles. The van der Waals surface area contributed by atoms with Gasteiger partial charge in [-0.25, -0.2) is 4.98 Å². The summed E-state index contributed by atoms with van der Waals surface area (Å²) in [5, 5.41) is 4.97. The number of aromatic nitrogens is 1. The van der Waals surface area contributed by atoms with Crippen LogP contribution in [0.3, 0.4) is 0 Å². The van der Waals surface area contributed by atoms with Crippen LogP contribution in [0, 0.1) is 13.8 Å². The molecular weight excluding hydrogens is 363 g/mol. The Kier molecular flexibility index (Phi) is 6.38. The molecule has 0 bridgehead atoms. The number of nitrogens with one attached hydrogen (secondary N) is 2. The van der Waals surface area contributed by atoms with Gasteiger partial charge in [-0.05, 0) is 43.2 Å². The van der Waals surface area contributed by atoms with E-state index < -0.39 is 18.7 Å². The van der Waals surface area contributed by atoms with Gasteiger partial charge < -0.3 is 15.4 Å². The van der Waals surface area contributed by atoms with Crippen LogP contribution >= 0.6 is 0 Å². The molecule has 0 saturated carbocycles. The number of pyridine rings is 1. The van der Waals surface area contributed by atoms with E-state index in [-0.39, 0.29) is 24.0 Å². The predicted molar refractivity (Wildman–Crippen MR) is 92.7 cm³/mol. The maximum Gasteiger partial charge on any atom is 0.422 e. The lowest BCUT2D eigenvalue weighted by atomic mass is 10.1. The van der Waals surface area contributed by atoms with Gasteiger partial charge in [-0.2, -0.15) is 13.2 Å². The fraction of sp³-hybridized carbons (Fsp3) is 0.278. The first-order chi connectivity index (χ1) is 12.6. The second-order valence-electron chi connectivity index (χ2n) is 5.82. The molecule has 2 N–H and O–H groups in total. The Morgan fingerprint density at radius 2 is 1.85 bits per heavy atom. The number of anilines is 1. The minimum Gasteiger partial charge on any atom is -0.468 e. The first-order valence-electron chi connectivity index (χ1n) is 7.95. The third kappa shape index (κ3) is 6.61. The molecule has 2 rings (SSSR count). The van der Waals surface area contributed by atoms with E-state index >= 15 is 0 Å². The van der Waals surface area contributed by atoms with Gasteiger partial charge in [-0.3, -0.25) is 9.59 Å². The normalized spacial score (nSPS) is 11.0. The molecule has 0 aliphatic carbocycles. The molecule has 2 aromatic rings. The van der Waals surface area contributed by atoms with Crippen molar-refractivity contribution < 1.29 is 27.5 Å². The highest BCUT2D eigenvalue weighted by Crippen LogP contribution is 2.18. The van der Waals surface area contributed by atoms with Gasteiger partial charge in [-0.1, -0.05) is 6.07 Å². The van der Waals surface area contributed by atoms with Crippen molar-refractivity contribution in [3.05, 3.63) is 53.2 Å². The minimum atomic E-state index is -4.46. The second kappa shape index (κ2) is 8.52. The quantitative estimate of drug-likeness (QED) is 0.806. The van der Waals surface area contributed by atoms with E-state index in [4.69, 9.17) is 0 Å². The van der Waals surface area contributed by atoms with Crippen LogP contribution in [-0.2, 0) is 4.79 Å². The average Bonchev–Trinajstić information content (AvgIpc) is 2.61. The summed E-state index contributed by atoms with van der Waals surface area (Å²) in [5.41, 5.74) is 2.73. The summed E-state index contributed by atoms with van der Waals surface area (Å²) >= 11 is 0. The summed E-state index contributed by atoms with van der Waals surface area (Å²) in [6.45, 7) is 2.10. The van der Waals surface area contributed by atoms with Crippen molar-refractivity contribution in [1.82, 2.24) is 10.3 Å². The van der Waals surface area contributed by atoms with E-state index in [0.29, 0.717) is 5.56 Å². The number of hydrogen-bond donors (Lipinski definition) is 2. The Labute approximate surface area is 153 Å². The predicted octanol–water partition coefficient (Wildman–Crippen LogP) is 3.01. The molecule has 0 atom stereocenters. The topological polar surface area (TPSA) is 80.3 Å².